The molecule has 0 unspecified atom stereocenters. The maximum atomic E-state index is 11.8. The zero-order chi connectivity index (χ0) is 14.6. The molecule has 1 heterocycles. The molecule has 0 aliphatic rings. The number of anilines is 1. The number of benzene rings is 1. The molecule has 0 aliphatic carbocycles. The number of hydrogen-bond donors (Lipinski definition) is 3. The van der Waals surface area contributed by atoms with Gasteiger partial charge in [-0.25, -0.2) is 13.1 Å². The van der Waals surface area contributed by atoms with Gasteiger partial charge in [-0.1, -0.05) is 12.1 Å². The number of H-pyrrole nitrogens is 1. The number of rotatable bonds is 5. The van der Waals surface area contributed by atoms with E-state index in [9.17, 15) is 13.2 Å². The molecule has 7 nitrogen and oxygen atoms in total. The Morgan fingerprint density at radius 2 is 1.95 bits per heavy atom. The molecule has 2 aromatic rings. The summed E-state index contributed by atoms with van der Waals surface area (Å²) < 4.78 is 26.1. The lowest BCUT2D eigenvalue weighted by Gasteiger charge is -2.06. The summed E-state index contributed by atoms with van der Waals surface area (Å²) in [7, 11) is -3.58. The number of aromatic amines is 1. The molecule has 1 amide bonds. The number of aromatic nitrogens is 2. The summed E-state index contributed by atoms with van der Waals surface area (Å²) in [6, 6.07) is 8.27. The first-order chi connectivity index (χ1) is 9.47. The number of carbonyl (C=O) groups excluding carboxylic acids is 1. The van der Waals surface area contributed by atoms with E-state index in [4.69, 9.17) is 0 Å². The Hall–Kier alpha value is -2.19. The minimum absolute atomic E-state index is 0.0207. The van der Waals surface area contributed by atoms with Gasteiger partial charge in [-0.3, -0.25) is 9.89 Å². The predicted octanol–water partition coefficient (Wildman–Crippen LogP) is 0.847. The van der Waals surface area contributed by atoms with Crippen molar-refractivity contribution in [3.63, 3.8) is 0 Å². The SMILES string of the molecule is CC(=O)Nc1ccc(CNS(=O)(=O)c2ccn[nH]2)cc1. The molecule has 0 atom stereocenters. The predicted molar refractivity (Wildman–Crippen MR) is 73.4 cm³/mol. The molecule has 106 valence electrons. The molecule has 0 spiro atoms. The smallest absolute Gasteiger partial charge is 0.257 e. The van der Waals surface area contributed by atoms with Crippen molar-refractivity contribution in [2.45, 2.75) is 18.5 Å². The van der Waals surface area contributed by atoms with Crippen LogP contribution in [0.15, 0.2) is 41.6 Å². The van der Waals surface area contributed by atoms with Crippen LogP contribution in [0.2, 0.25) is 0 Å². The molecule has 2 rings (SSSR count). The van der Waals surface area contributed by atoms with Crippen LogP contribution in [-0.4, -0.2) is 24.5 Å². The first-order valence-electron chi connectivity index (χ1n) is 5.83. The summed E-state index contributed by atoms with van der Waals surface area (Å²) in [5, 5.41) is 8.65. The summed E-state index contributed by atoms with van der Waals surface area (Å²) in [6.45, 7) is 1.58. The number of nitrogens with one attached hydrogen (secondary N) is 3. The summed E-state index contributed by atoms with van der Waals surface area (Å²) >= 11 is 0. The minimum atomic E-state index is -3.58. The fourth-order valence-electron chi connectivity index (χ4n) is 1.56. The molecular weight excluding hydrogens is 280 g/mol. The van der Waals surface area contributed by atoms with Crippen molar-refractivity contribution in [3.05, 3.63) is 42.1 Å². The highest BCUT2D eigenvalue weighted by Crippen LogP contribution is 2.10. The molecule has 1 aromatic heterocycles. The molecule has 0 saturated carbocycles. The fourth-order valence-corrected chi connectivity index (χ4v) is 2.48. The van der Waals surface area contributed by atoms with Crippen molar-refractivity contribution in [1.29, 1.82) is 0 Å². The normalized spacial score (nSPS) is 11.2. The third-order valence-corrected chi connectivity index (χ3v) is 3.84. The van der Waals surface area contributed by atoms with Gasteiger partial charge in [-0.2, -0.15) is 5.10 Å². The van der Waals surface area contributed by atoms with Crippen molar-refractivity contribution >= 4 is 21.6 Å². The van der Waals surface area contributed by atoms with Crippen LogP contribution in [0.5, 0.6) is 0 Å². The number of amides is 1. The van der Waals surface area contributed by atoms with Crippen LogP contribution in [0, 0.1) is 0 Å². The monoisotopic (exact) mass is 294 g/mol. The zero-order valence-electron chi connectivity index (χ0n) is 10.8. The molecular formula is C12H14N4O3S. The van der Waals surface area contributed by atoms with E-state index in [-0.39, 0.29) is 17.5 Å². The first kappa shape index (κ1) is 14.2. The van der Waals surface area contributed by atoms with E-state index in [1.54, 1.807) is 24.3 Å². The molecule has 3 N–H and O–H groups in total. The standard InChI is InChI=1S/C12H14N4O3S/c1-9(17)15-11-4-2-10(3-5-11)8-14-20(18,19)12-6-7-13-16-12/h2-7,14H,8H2,1H3,(H,13,16)(H,15,17). The lowest BCUT2D eigenvalue weighted by molar-refractivity contribution is -0.114. The van der Waals surface area contributed by atoms with E-state index in [1.165, 1.54) is 19.2 Å². The van der Waals surface area contributed by atoms with Crippen LogP contribution in [0.4, 0.5) is 5.69 Å². The summed E-state index contributed by atoms with van der Waals surface area (Å²) in [4.78, 5) is 10.9. The third kappa shape index (κ3) is 3.65. The molecule has 0 radical (unpaired) electrons. The third-order valence-electron chi connectivity index (χ3n) is 2.51. The van der Waals surface area contributed by atoms with Crippen LogP contribution in [0.25, 0.3) is 0 Å². The highest BCUT2D eigenvalue weighted by atomic mass is 32.2. The van der Waals surface area contributed by atoms with Crippen molar-refractivity contribution in [1.82, 2.24) is 14.9 Å². The van der Waals surface area contributed by atoms with E-state index < -0.39 is 10.0 Å². The zero-order valence-corrected chi connectivity index (χ0v) is 11.6. The topological polar surface area (TPSA) is 104 Å². The fraction of sp³-hybridized carbons (Fsp3) is 0.167. The van der Waals surface area contributed by atoms with Crippen molar-refractivity contribution in [3.8, 4) is 0 Å². The number of sulfonamides is 1. The van der Waals surface area contributed by atoms with Crippen LogP contribution >= 0.6 is 0 Å². The molecule has 0 fully saturated rings. The molecule has 1 aromatic carbocycles. The van der Waals surface area contributed by atoms with E-state index in [0.717, 1.165) is 5.56 Å². The Kier molecular flexibility index (Phi) is 4.16. The molecule has 8 heteroatoms. The van der Waals surface area contributed by atoms with E-state index in [2.05, 4.69) is 20.2 Å². The van der Waals surface area contributed by atoms with Crippen molar-refractivity contribution in [2.24, 2.45) is 0 Å². The number of carbonyl (C=O) groups is 1. The van der Waals surface area contributed by atoms with Gasteiger partial charge >= 0.3 is 0 Å². The Balaban J connectivity index is 1.99. The Morgan fingerprint density at radius 3 is 2.50 bits per heavy atom. The molecule has 0 saturated heterocycles. The van der Waals surface area contributed by atoms with E-state index in [0.29, 0.717) is 5.69 Å². The van der Waals surface area contributed by atoms with Crippen molar-refractivity contribution in [2.75, 3.05) is 5.32 Å². The maximum Gasteiger partial charge on any atom is 0.257 e. The van der Waals surface area contributed by atoms with Gasteiger partial charge in [0, 0.05) is 19.2 Å². The average molecular weight is 294 g/mol. The van der Waals surface area contributed by atoms with Gasteiger partial charge in [0.1, 0.15) is 0 Å². The van der Waals surface area contributed by atoms with E-state index in [1.807, 2.05) is 0 Å². The summed E-state index contributed by atoms with van der Waals surface area (Å²) in [5.41, 5.74) is 1.44. The Bertz CT molecular complexity index is 678. The number of hydrogen-bond acceptors (Lipinski definition) is 4. The quantitative estimate of drug-likeness (QED) is 0.760. The van der Waals surface area contributed by atoms with E-state index >= 15 is 0 Å². The van der Waals surface area contributed by atoms with Crippen molar-refractivity contribution < 1.29 is 13.2 Å². The Morgan fingerprint density at radius 1 is 1.25 bits per heavy atom. The minimum Gasteiger partial charge on any atom is -0.326 e. The first-order valence-corrected chi connectivity index (χ1v) is 7.31. The number of nitrogens with zero attached hydrogens (tertiary/aromatic N) is 1. The highest BCUT2D eigenvalue weighted by molar-refractivity contribution is 7.89. The second-order valence-corrected chi connectivity index (χ2v) is 5.86. The van der Waals surface area contributed by atoms with Gasteiger partial charge in [-0.05, 0) is 23.8 Å². The highest BCUT2D eigenvalue weighted by Gasteiger charge is 2.14. The largest absolute Gasteiger partial charge is 0.326 e. The lowest BCUT2D eigenvalue weighted by atomic mass is 10.2. The van der Waals surface area contributed by atoms with Gasteiger partial charge in [0.2, 0.25) is 5.91 Å². The Labute approximate surface area is 116 Å². The summed E-state index contributed by atoms with van der Waals surface area (Å²) in [5.74, 6) is -0.155. The van der Waals surface area contributed by atoms with Gasteiger partial charge in [0.25, 0.3) is 10.0 Å². The van der Waals surface area contributed by atoms with Crippen LogP contribution in [-0.2, 0) is 21.4 Å². The van der Waals surface area contributed by atoms with Gasteiger partial charge in [0.05, 0.1) is 6.20 Å². The lowest BCUT2D eigenvalue weighted by Crippen LogP contribution is -2.23. The summed E-state index contributed by atoms with van der Waals surface area (Å²) in [6.07, 6.45) is 1.37. The second kappa shape index (κ2) is 5.85. The van der Waals surface area contributed by atoms with Gasteiger partial charge in [-0.15, -0.1) is 0 Å². The van der Waals surface area contributed by atoms with Gasteiger partial charge < -0.3 is 5.32 Å². The molecule has 0 bridgehead atoms. The second-order valence-electron chi connectivity index (χ2n) is 4.12. The van der Waals surface area contributed by atoms with Crippen LogP contribution in [0.3, 0.4) is 0 Å². The maximum absolute atomic E-state index is 11.8. The van der Waals surface area contributed by atoms with Crippen LogP contribution < -0.4 is 10.0 Å². The average Bonchev–Trinajstić information content (AvgIpc) is 2.92. The molecule has 20 heavy (non-hydrogen) atoms. The van der Waals surface area contributed by atoms with Gasteiger partial charge in [0.15, 0.2) is 5.03 Å². The molecule has 0 aliphatic heterocycles. The van der Waals surface area contributed by atoms with Crippen LogP contribution in [0.1, 0.15) is 12.5 Å².